The lowest BCUT2D eigenvalue weighted by Gasteiger charge is -2.08. The van der Waals surface area contributed by atoms with Crippen LogP contribution in [0.3, 0.4) is 0 Å². The van der Waals surface area contributed by atoms with E-state index in [1.54, 1.807) is 6.07 Å². The van der Waals surface area contributed by atoms with Gasteiger partial charge in [0.05, 0.1) is 6.61 Å². The molecule has 4 heteroatoms. The zero-order valence-electron chi connectivity index (χ0n) is 10.3. The summed E-state index contributed by atoms with van der Waals surface area (Å²) in [5.74, 6) is 0.368. The maximum Gasteiger partial charge on any atom is 0.345 e. The normalized spacial score (nSPS) is 16.8. The molecular formula is C14H16O4. The first kappa shape index (κ1) is 12.5. The Morgan fingerprint density at radius 1 is 1.61 bits per heavy atom. The van der Waals surface area contributed by atoms with Crippen LogP contribution in [0.4, 0.5) is 0 Å². The fourth-order valence-corrected chi connectivity index (χ4v) is 1.78. The van der Waals surface area contributed by atoms with Gasteiger partial charge in [0, 0.05) is 18.9 Å². The van der Waals surface area contributed by atoms with E-state index < -0.39 is 12.1 Å². The average Bonchev–Trinajstić information content (AvgIpc) is 2.71. The van der Waals surface area contributed by atoms with Crippen LogP contribution in [0, 0.1) is 0 Å². The van der Waals surface area contributed by atoms with E-state index in [-0.39, 0.29) is 0 Å². The second kappa shape index (κ2) is 5.12. The number of carboxylic acid groups (broad SMARTS) is 1. The number of hydrogen-bond acceptors (Lipinski definition) is 3. The lowest BCUT2D eigenvalue weighted by molar-refractivity contribution is -0.144. The van der Waals surface area contributed by atoms with Crippen molar-refractivity contribution in [1.29, 1.82) is 0 Å². The molecule has 0 aliphatic carbocycles. The molecule has 0 aromatic heterocycles. The van der Waals surface area contributed by atoms with Gasteiger partial charge in [0.15, 0.2) is 6.10 Å². The molecule has 0 bridgehead atoms. The first-order chi connectivity index (χ1) is 8.56. The number of carbonyl (C=O) groups is 1. The third kappa shape index (κ3) is 2.83. The summed E-state index contributed by atoms with van der Waals surface area (Å²) < 4.78 is 10.9. The number of rotatable bonds is 5. The maximum atomic E-state index is 10.8. The van der Waals surface area contributed by atoms with Crippen LogP contribution in [0.5, 0.6) is 11.5 Å². The Kier molecular flexibility index (Phi) is 3.55. The minimum absolute atomic E-state index is 0.413. The zero-order chi connectivity index (χ0) is 13.1. The highest BCUT2D eigenvalue weighted by Gasteiger charge is 2.28. The van der Waals surface area contributed by atoms with Crippen LogP contribution in [-0.2, 0) is 11.2 Å². The van der Waals surface area contributed by atoms with E-state index >= 15 is 0 Å². The van der Waals surface area contributed by atoms with Gasteiger partial charge in [-0.2, -0.15) is 0 Å². The van der Waals surface area contributed by atoms with Gasteiger partial charge in [-0.1, -0.05) is 11.6 Å². The summed E-state index contributed by atoms with van der Waals surface area (Å²) in [5, 5.41) is 8.89. The summed E-state index contributed by atoms with van der Waals surface area (Å²) in [7, 11) is 0. The molecule has 1 aliphatic rings. The lowest BCUT2D eigenvalue weighted by atomic mass is 10.1. The van der Waals surface area contributed by atoms with Crippen molar-refractivity contribution in [2.45, 2.75) is 25.9 Å². The Labute approximate surface area is 106 Å². The Bertz CT molecular complexity index is 479. The van der Waals surface area contributed by atoms with Gasteiger partial charge in [-0.25, -0.2) is 4.79 Å². The SMILES string of the molecule is C=C(C)CCOc1ccc2c(c1)OC(C(=O)O)C2. The zero-order valence-corrected chi connectivity index (χ0v) is 10.3. The standard InChI is InChI=1S/C14H16O4/c1-9(2)5-6-17-11-4-3-10-7-13(14(15)16)18-12(10)8-11/h3-4,8,13H,1,5-7H2,2H3,(H,15,16). The molecule has 1 N–H and O–H groups in total. The molecule has 0 radical (unpaired) electrons. The number of aliphatic carboxylic acids is 1. The van der Waals surface area contributed by atoms with Crippen molar-refractivity contribution in [2.24, 2.45) is 0 Å². The summed E-state index contributed by atoms with van der Waals surface area (Å²) in [6, 6.07) is 5.44. The predicted octanol–water partition coefficient (Wildman–Crippen LogP) is 2.42. The topological polar surface area (TPSA) is 55.8 Å². The van der Waals surface area contributed by atoms with Crippen LogP contribution in [0.25, 0.3) is 0 Å². The smallest absolute Gasteiger partial charge is 0.345 e. The lowest BCUT2D eigenvalue weighted by Crippen LogP contribution is -2.24. The van der Waals surface area contributed by atoms with E-state index in [0.717, 1.165) is 17.6 Å². The fourth-order valence-electron chi connectivity index (χ4n) is 1.78. The van der Waals surface area contributed by atoms with Crippen LogP contribution in [0.15, 0.2) is 30.4 Å². The van der Waals surface area contributed by atoms with Crippen molar-refractivity contribution < 1.29 is 19.4 Å². The summed E-state index contributed by atoms with van der Waals surface area (Å²) in [6.45, 7) is 6.32. The molecule has 1 aliphatic heterocycles. The Morgan fingerprint density at radius 3 is 3.06 bits per heavy atom. The molecule has 1 atom stereocenters. The predicted molar refractivity (Wildman–Crippen MR) is 67.1 cm³/mol. The second-order valence-electron chi connectivity index (χ2n) is 4.47. The van der Waals surface area contributed by atoms with Crippen LogP contribution >= 0.6 is 0 Å². The van der Waals surface area contributed by atoms with Gasteiger partial charge >= 0.3 is 5.97 Å². The van der Waals surface area contributed by atoms with Gasteiger partial charge in [-0.15, -0.1) is 6.58 Å². The Balaban J connectivity index is 1.99. The molecule has 1 aromatic carbocycles. The number of carboxylic acids is 1. The molecule has 1 aromatic rings. The molecule has 0 spiro atoms. The molecule has 1 heterocycles. The highest BCUT2D eigenvalue weighted by Crippen LogP contribution is 2.32. The van der Waals surface area contributed by atoms with Crippen molar-refractivity contribution >= 4 is 5.97 Å². The maximum absolute atomic E-state index is 10.8. The Morgan fingerprint density at radius 2 is 2.39 bits per heavy atom. The van der Waals surface area contributed by atoms with E-state index in [1.807, 2.05) is 19.1 Å². The van der Waals surface area contributed by atoms with Crippen molar-refractivity contribution in [1.82, 2.24) is 0 Å². The van der Waals surface area contributed by atoms with Crippen molar-refractivity contribution in [3.63, 3.8) is 0 Å². The van der Waals surface area contributed by atoms with Crippen LogP contribution in [0.2, 0.25) is 0 Å². The highest BCUT2D eigenvalue weighted by atomic mass is 16.5. The molecule has 0 fully saturated rings. The van der Waals surface area contributed by atoms with E-state index in [9.17, 15) is 4.79 Å². The van der Waals surface area contributed by atoms with Crippen LogP contribution < -0.4 is 9.47 Å². The molecule has 2 rings (SSSR count). The summed E-state index contributed by atoms with van der Waals surface area (Å²) in [4.78, 5) is 10.8. The van der Waals surface area contributed by atoms with Gasteiger partial charge in [0.25, 0.3) is 0 Å². The molecule has 0 saturated heterocycles. The second-order valence-corrected chi connectivity index (χ2v) is 4.47. The van der Waals surface area contributed by atoms with Crippen molar-refractivity contribution in [3.8, 4) is 11.5 Å². The van der Waals surface area contributed by atoms with Gasteiger partial charge < -0.3 is 14.6 Å². The monoisotopic (exact) mass is 248 g/mol. The molecular weight excluding hydrogens is 232 g/mol. The van der Waals surface area contributed by atoms with Gasteiger partial charge in [0.2, 0.25) is 0 Å². The van der Waals surface area contributed by atoms with Gasteiger partial charge in [-0.3, -0.25) is 0 Å². The van der Waals surface area contributed by atoms with Crippen molar-refractivity contribution in [2.75, 3.05) is 6.61 Å². The minimum atomic E-state index is -0.934. The van der Waals surface area contributed by atoms with Gasteiger partial charge in [0.1, 0.15) is 11.5 Å². The average molecular weight is 248 g/mol. The van der Waals surface area contributed by atoms with Crippen LogP contribution in [0.1, 0.15) is 18.9 Å². The highest BCUT2D eigenvalue weighted by molar-refractivity contribution is 5.74. The number of hydrogen-bond donors (Lipinski definition) is 1. The molecule has 96 valence electrons. The molecule has 18 heavy (non-hydrogen) atoms. The molecule has 4 nitrogen and oxygen atoms in total. The summed E-state index contributed by atoms with van der Waals surface area (Å²) in [6.07, 6.45) is 0.442. The fraction of sp³-hybridized carbons (Fsp3) is 0.357. The third-order valence-electron chi connectivity index (χ3n) is 2.79. The van der Waals surface area contributed by atoms with E-state index in [1.165, 1.54) is 0 Å². The number of fused-ring (bicyclic) bond motifs is 1. The Hall–Kier alpha value is -1.97. The number of ether oxygens (including phenoxy) is 2. The molecule has 0 amide bonds. The van der Waals surface area contributed by atoms with Crippen LogP contribution in [-0.4, -0.2) is 23.8 Å². The van der Waals surface area contributed by atoms with E-state index in [4.69, 9.17) is 14.6 Å². The molecule has 0 saturated carbocycles. The quantitative estimate of drug-likeness (QED) is 0.813. The minimum Gasteiger partial charge on any atom is -0.493 e. The van der Waals surface area contributed by atoms with Crippen molar-refractivity contribution in [3.05, 3.63) is 35.9 Å². The summed E-state index contributed by atoms with van der Waals surface area (Å²) >= 11 is 0. The summed E-state index contributed by atoms with van der Waals surface area (Å²) in [5.41, 5.74) is 1.98. The molecule has 1 unspecified atom stereocenters. The van der Waals surface area contributed by atoms with E-state index in [2.05, 4.69) is 6.58 Å². The first-order valence-corrected chi connectivity index (χ1v) is 5.86. The van der Waals surface area contributed by atoms with E-state index in [0.29, 0.717) is 24.5 Å². The first-order valence-electron chi connectivity index (χ1n) is 5.86. The van der Waals surface area contributed by atoms with Gasteiger partial charge in [-0.05, 0) is 18.6 Å². The number of benzene rings is 1. The largest absolute Gasteiger partial charge is 0.493 e. The third-order valence-corrected chi connectivity index (χ3v) is 2.79.